The highest BCUT2D eigenvalue weighted by Gasteiger charge is 2.55. The molecule has 2 aliphatic heterocycles. The summed E-state index contributed by atoms with van der Waals surface area (Å²) in [6.45, 7) is 3.31. The molecule has 0 radical (unpaired) electrons. The number of carbonyl (C=O) groups excluding carboxylic acids is 4. The minimum Gasteiger partial charge on any atom is -0.461 e. The first kappa shape index (κ1) is 22.8. The van der Waals surface area contributed by atoms with Crippen molar-refractivity contribution >= 4 is 46.6 Å². The molecule has 2 aromatic rings. The normalized spacial score (nSPS) is 19.7. The average molecular weight is 462 g/mol. The first-order valence-electron chi connectivity index (χ1n) is 10.8. The molecule has 4 rings (SSSR count). The molecule has 2 atom stereocenters. The van der Waals surface area contributed by atoms with Gasteiger partial charge in [0.2, 0.25) is 0 Å². The van der Waals surface area contributed by atoms with Gasteiger partial charge in [-0.1, -0.05) is 36.4 Å². The fourth-order valence-electron chi connectivity index (χ4n) is 3.79. The predicted molar refractivity (Wildman–Crippen MR) is 123 cm³/mol. The molecule has 174 valence electrons. The fourth-order valence-corrected chi connectivity index (χ4v) is 3.79. The molecule has 0 bridgehead atoms. The zero-order chi connectivity index (χ0) is 24.2. The highest BCUT2D eigenvalue weighted by atomic mass is 16.5. The van der Waals surface area contributed by atoms with Crippen molar-refractivity contribution in [3.05, 3.63) is 60.7 Å². The van der Waals surface area contributed by atoms with Gasteiger partial charge in [-0.15, -0.1) is 0 Å². The second-order valence-corrected chi connectivity index (χ2v) is 7.34. The third-order valence-electron chi connectivity index (χ3n) is 5.26. The molecule has 10 nitrogen and oxygen atoms in total. The minimum atomic E-state index is -1.41. The molecule has 0 saturated carbocycles. The Balaban J connectivity index is 1.80. The molecule has 2 aliphatic rings. The van der Waals surface area contributed by atoms with Gasteiger partial charge in [0.15, 0.2) is 11.4 Å². The third-order valence-corrected chi connectivity index (χ3v) is 5.26. The first-order chi connectivity index (χ1) is 16.5. The number of ether oxygens (including phenoxy) is 2. The molecule has 0 aromatic heterocycles. The molecule has 0 saturated heterocycles. The summed E-state index contributed by atoms with van der Waals surface area (Å²) in [4.78, 5) is 52.7. The molecular weight excluding hydrogens is 440 g/mol. The van der Waals surface area contributed by atoms with Gasteiger partial charge in [0.1, 0.15) is 11.8 Å². The SMILES string of the molecule is CCOC(=O)C1=NN(c2ccccc2)C(=O)[C@H]1[C@H]1C(=O)N(c2ccccc2)N=C1C(=O)OCC. The summed E-state index contributed by atoms with van der Waals surface area (Å²) < 4.78 is 10.2. The number of hydrogen-bond donors (Lipinski definition) is 0. The van der Waals surface area contributed by atoms with Crippen LogP contribution in [0.25, 0.3) is 0 Å². The van der Waals surface area contributed by atoms with Gasteiger partial charge in [-0.3, -0.25) is 9.59 Å². The zero-order valence-corrected chi connectivity index (χ0v) is 18.6. The summed E-state index contributed by atoms with van der Waals surface area (Å²) >= 11 is 0. The topological polar surface area (TPSA) is 118 Å². The highest BCUT2D eigenvalue weighted by molar-refractivity contribution is 6.50. The van der Waals surface area contributed by atoms with Crippen LogP contribution < -0.4 is 10.0 Å². The Hall–Kier alpha value is -4.34. The molecule has 2 aromatic carbocycles. The second-order valence-electron chi connectivity index (χ2n) is 7.34. The van der Waals surface area contributed by atoms with E-state index in [4.69, 9.17) is 9.47 Å². The van der Waals surface area contributed by atoms with Crippen LogP contribution in [-0.2, 0) is 28.7 Å². The molecule has 34 heavy (non-hydrogen) atoms. The largest absolute Gasteiger partial charge is 0.461 e. The van der Waals surface area contributed by atoms with Gasteiger partial charge in [-0.05, 0) is 38.1 Å². The molecule has 0 fully saturated rings. The Labute approximate surface area is 195 Å². The number of anilines is 2. The maximum atomic E-state index is 13.6. The smallest absolute Gasteiger partial charge is 0.355 e. The van der Waals surface area contributed by atoms with E-state index in [0.29, 0.717) is 11.4 Å². The van der Waals surface area contributed by atoms with Crippen molar-refractivity contribution < 1.29 is 28.7 Å². The molecule has 0 aliphatic carbocycles. The van der Waals surface area contributed by atoms with Crippen LogP contribution in [0.4, 0.5) is 11.4 Å². The molecule has 2 amide bonds. The Bertz CT molecular complexity index is 1080. The lowest BCUT2D eigenvalue weighted by molar-refractivity contribution is -0.137. The summed E-state index contributed by atoms with van der Waals surface area (Å²) in [5, 5.41) is 10.5. The molecular formula is C24H22N4O6. The molecule has 0 unspecified atom stereocenters. The maximum absolute atomic E-state index is 13.6. The van der Waals surface area contributed by atoms with Gasteiger partial charge in [-0.2, -0.15) is 20.2 Å². The number of nitrogens with zero attached hydrogens (tertiary/aromatic N) is 4. The number of amides is 2. The van der Waals surface area contributed by atoms with Crippen LogP contribution in [0.15, 0.2) is 70.9 Å². The zero-order valence-electron chi connectivity index (χ0n) is 18.6. The van der Waals surface area contributed by atoms with Crippen molar-refractivity contribution in [2.24, 2.45) is 22.0 Å². The average Bonchev–Trinajstić information content (AvgIpc) is 3.37. The molecule has 10 heteroatoms. The van der Waals surface area contributed by atoms with Gasteiger partial charge < -0.3 is 9.47 Å². The lowest BCUT2D eigenvalue weighted by atomic mass is 9.83. The van der Waals surface area contributed by atoms with Crippen LogP contribution >= 0.6 is 0 Å². The van der Waals surface area contributed by atoms with Crippen molar-refractivity contribution in [3.8, 4) is 0 Å². The Morgan fingerprint density at radius 1 is 0.706 bits per heavy atom. The van der Waals surface area contributed by atoms with Crippen LogP contribution in [-0.4, -0.2) is 48.4 Å². The van der Waals surface area contributed by atoms with Crippen molar-refractivity contribution in [2.75, 3.05) is 23.2 Å². The van der Waals surface area contributed by atoms with Crippen LogP contribution in [0.2, 0.25) is 0 Å². The standard InChI is InChI=1S/C24H22N4O6/c1-3-33-23(31)19-17(21(29)27(25-19)15-11-7-5-8-12-15)18-20(24(32)34-4-2)26-28(22(18)30)16-13-9-6-10-14-16/h5-14,17-18H,3-4H2,1-2H3/t17-,18+. The number of para-hydroxylation sites is 2. The van der Waals surface area contributed by atoms with Crippen molar-refractivity contribution in [3.63, 3.8) is 0 Å². The van der Waals surface area contributed by atoms with Crippen LogP contribution in [0.3, 0.4) is 0 Å². The Morgan fingerprint density at radius 3 is 1.38 bits per heavy atom. The minimum absolute atomic E-state index is 0.0394. The van der Waals surface area contributed by atoms with E-state index in [2.05, 4.69) is 10.2 Å². The van der Waals surface area contributed by atoms with Crippen molar-refractivity contribution in [2.45, 2.75) is 13.8 Å². The molecule has 0 spiro atoms. The summed E-state index contributed by atoms with van der Waals surface area (Å²) in [5.41, 5.74) is 0.246. The maximum Gasteiger partial charge on any atom is 0.355 e. The van der Waals surface area contributed by atoms with E-state index in [1.165, 1.54) is 0 Å². The number of hydrogen-bond acceptors (Lipinski definition) is 8. The van der Waals surface area contributed by atoms with Gasteiger partial charge >= 0.3 is 11.9 Å². The van der Waals surface area contributed by atoms with E-state index < -0.39 is 35.6 Å². The quantitative estimate of drug-likeness (QED) is 0.582. The molecule has 2 heterocycles. The monoisotopic (exact) mass is 462 g/mol. The van der Waals surface area contributed by atoms with Gasteiger partial charge in [-0.25, -0.2) is 9.59 Å². The first-order valence-corrected chi connectivity index (χ1v) is 10.8. The van der Waals surface area contributed by atoms with E-state index in [1.54, 1.807) is 74.5 Å². The third kappa shape index (κ3) is 4.05. The van der Waals surface area contributed by atoms with E-state index in [9.17, 15) is 19.2 Å². The number of rotatable bonds is 7. The highest BCUT2D eigenvalue weighted by Crippen LogP contribution is 2.35. The summed E-state index contributed by atoms with van der Waals surface area (Å²) in [6, 6.07) is 16.9. The van der Waals surface area contributed by atoms with E-state index in [0.717, 1.165) is 10.0 Å². The van der Waals surface area contributed by atoms with Crippen LogP contribution in [0, 0.1) is 11.8 Å². The fraction of sp³-hybridized carbons (Fsp3) is 0.250. The van der Waals surface area contributed by atoms with E-state index in [-0.39, 0.29) is 24.6 Å². The number of benzene rings is 2. The second kappa shape index (κ2) is 9.65. The lowest BCUT2D eigenvalue weighted by Gasteiger charge is -2.20. The van der Waals surface area contributed by atoms with Gasteiger partial charge in [0.05, 0.1) is 24.6 Å². The number of esters is 2. The summed E-state index contributed by atoms with van der Waals surface area (Å²) in [6.07, 6.45) is 0. The Kier molecular flexibility index (Phi) is 6.48. The van der Waals surface area contributed by atoms with Crippen LogP contribution in [0.5, 0.6) is 0 Å². The van der Waals surface area contributed by atoms with Crippen LogP contribution in [0.1, 0.15) is 13.8 Å². The predicted octanol–water partition coefficient (Wildman–Crippen LogP) is 2.15. The number of carbonyl (C=O) groups is 4. The van der Waals surface area contributed by atoms with Crippen molar-refractivity contribution in [1.82, 2.24) is 0 Å². The van der Waals surface area contributed by atoms with Gasteiger partial charge in [0.25, 0.3) is 11.8 Å². The lowest BCUT2D eigenvalue weighted by Crippen LogP contribution is -2.45. The van der Waals surface area contributed by atoms with Gasteiger partial charge in [0, 0.05) is 0 Å². The van der Waals surface area contributed by atoms with E-state index >= 15 is 0 Å². The Morgan fingerprint density at radius 2 is 1.06 bits per heavy atom. The summed E-state index contributed by atoms with van der Waals surface area (Å²) in [7, 11) is 0. The van der Waals surface area contributed by atoms with E-state index in [1.807, 2.05) is 0 Å². The number of hydrazone groups is 2. The molecule has 0 N–H and O–H groups in total. The van der Waals surface area contributed by atoms with Crippen molar-refractivity contribution in [1.29, 1.82) is 0 Å². The summed E-state index contributed by atoms with van der Waals surface area (Å²) in [5.74, 6) is -5.84.